The Balaban J connectivity index is 2.14. The van der Waals surface area contributed by atoms with Gasteiger partial charge in [0.2, 0.25) is 0 Å². The van der Waals surface area contributed by atoms with Crippen LogP contribution in [-0.2, 0) is 4.79 Å². The van der Waals surface area contributed by atoms with E-state index in [-0.39, 0.29) is 11.2 Å². The van der Waals surface area contributed by atoms with Crippen LogP contribution in [0.15, 0.2) is 24.3 Å². The molecule has 2 atom stereocenters. The number of benzene rings is 1. The van der Waals surface area contributed by atoms with E-state index in [1.54, 1.807) is 18.2 Å². The van der Waals surface area contributed by atoms with E-state index in [0.717, 1.165) is 0 Å². The van der Waals surface area contributed by atoms with E-state index in [1.165, 1.54) is 17.8 Å². The predicted octanol–water partition coefficient (Wildman–Crippen LogP) is 1.61. The van der Waals surface area contributed by atoms with Crippen molar-refractivity contribution in [3.05, 3.63) is 35.6 Å². The molecule has 0 saturated carbocycles. The average molecular weight is 227 g/mol. The van der Waals surface area contributed by atoms with Crippen LogP contribution in [0.25, 0.3) is 0 Å². The van der Waals surface area contributed by atoms with Crippen molar-refractivity contribution >= 4 is 17.7 Å². The summed E-state index contributed by atoms with van der Waals surface area (Å²) in [4.78, 5) is 10.7. The van der Waals surface area contributed by atoms with E-state index >= 15 is 0 Å². The van der Waals surface area contributed by atoms with E-state index in [9.17, 15) is 9.18 Å². The second-order valence-electron chi connectivity index (χ2n) is 3.29. The molecule has 80 valence electrons. The van der Waals surface area contributed by atoms with Gasteiger partial charge in [-0.2, -0.15) is 0 Å². The Hall–Kier alpha value is -1.07. The molecule has 3 nitrogen and oxygen atoms in total. The van der Waals surface area contributed by atoms with Gasteiger partial charge < -0.3 is 5.11 Å². The second-order valence-corrected chi connectivity index (χ2v) is 4.43. The van der Waals surface area contributed by atoms with Crippen LogP contribution in [-0.4, -0.2) is 22.9 Å². The van der Waals surface area contributed by atoms with Crippen molar-refractivity contribution in [3.8, 4) is 0 Å². The predicted molar refractivity (Wildman–Crippen MR) is 56.2 cm³/mol. The number of carboxylic acids is 1. The first kappa shape index (κ1) is 10.4. The normalized spacial score (nSPS) is 25.4. The summed E-state index contributed by atoms with van der Waals surface area (Å²) in [5.74, 6) is -0.719. The van der Waals surface area contributed by atoms with Crippen LogP contribution >= 0.6 is 11.8 Å². The lowest BCUT2D eigenvalue weighted by Gasteiger charge is -2.11. The molecule has 0 radical (unpaired) electrons. The molecule has 1 aliphatic heterocycles. The van der Waals surface area contributed by atoms with Gasteiger partial charge in [0, 0.05) is 11.3 Å². The standard InChI is InChI=1S/C10H10FNO2S/c11-7-4-2-1-3-6(7)9-12-8(5-15-9)10(13)14/h1-4,8-9,12H,5H2,(H,13,14)/t8?,9-/m1/s1. The van der Waals surface area contributed by atoms with E-state index < -0.39 is 12.0 Å². The van der Waals surface area contributed by atoms with Gasteiger partial charge in [0.1, 0.15) is 11.9 Å². The van der Waals surface area contributed by atoms with Crippen molar-refractivity contribution in [2.45, 2.75) is 11.4 Å². The molecule has 1 fully saturated rings. The number of carbonyl (C=O) groups is 1. The summed E-state index contributed by atoms with van der Waals surface area (Å²) in [6, 6.07) is 5.83. The van der Waals surface area contributed by atoms with Crippen molar-refractivity contribution in [1.29, 1.82) is 0 Å². The summed E-state index contributed by atoms with van der Waals surface area (Å²) in [6.45, 7) is 0. The Morgan fingerprint density at radius 1 is 1.53 bits per heavy atom. The molecule has 0 aromatic heterocycles. The number of halogens is 1. The molecule has 1 heterocycles. The van der Waals surface area contributed by atoms with E-state index in [1.807, 2.05) is 0 Å². The third-order valence-corrected chi connectivity index (χ3v) is 3.52. The third kappa shape index (κ3) is 2.13. The third-order valence-electron chi connectivity index (χ3n) is 2.27. The van der Waals surface area contributed by atoms with Crippen LogP contribution in [0.2, 0.25) is 0 Å². The van der Waals surface area contributed by atoms with Gasteiger partial charge in [-0.15, -0.1) is 11.8 Å². The van der Waals surface area contributed by atoms with E-state index in [0.29, 0.717) is 11.3 Å². The van der Waals surface area contributed by atoms with E-state index in [4.69, 9.17) is 5.11 Å². The number of aliphatic carboxylic acids is 1. The van der Waals surface area contributed by atoms with E-state index in [2.05, 4.69) is 5.32 Å². The maximum absolute atomic E-state index is 13.4. The Morgan fingerprint density at radius 2 is 2.27 bits per heavy atom. The Morgan fingerprint density at radius 3 is 2.87 bits per heavy atom. The summed E-state index contributed by atoms with van der Waals surface area (Å²) < 4.78 is 13.4. The highest BCUT2D eigenvalue weighted by atomic mass is 32.2. The molecule has 0 amide bonds. The van der Waals surface area contributed by atoms with Gasteiger partial charge in [0.15, 0.2) is 0 Å². The van der Waals surface area contributed by atoms with Gasteiger partial charge in [-0.25, -0.2) is 4.39 Å². The average Bonchev–Trinajstić information content (AvgIpc) is 2.67. The topological polar surface area (TPSA) is 49.3 Å². The SMILES string of the molecule is O=C(O)C1CS[C@H](c2ccccc2F)N1. The highest BCUT2D eigenvalue weighted by Gasteiger charge is 2.31. The fraction of sp³-hybridized carbons (Fsp3) is 0.300. The fourth-order valence-electron chi connectivity index (χ4n) is 1.48. The van der Waals surface area contributed by atoms with Gasteiger partial charge in [-0.05, 0) is 6.07 Å². The van der Waals surface area contributed by atoms with Gasteiger partial charge in [-0.3, -0.25) is 10.1 Å². The molecule has 1 aromatic rings. The molecule has 1 aromatic carbocycles. The minimum atomic E-state index is -0.888. The number of hydrogen-bond acceptors (Lipinski definition) is 3. The van der Waals surface area contributed by atoms with Crippen LogP contribution in [0, 0.1) is 5.82 Å². The first-order valence-electron chi connectivity index (χ1n) is 4.53. The maximum atomic E-state index is 13.4. The zero-order valence-corrected chi connectivity index (χ0v) is 8.63. The first-order chi connectivity index (χ1) is 7.18. The zero-order valence-electron chi connectivity index (χ0n) is 7.81. The van der Waals surface area contributed by atoms with Crippen LogP contribution < -0.4 is 5.32 Å². The number of hydrogen-bond donors (Lipinski definition) is 2. The molecule has 1 saturated heterocycles. The maximum Gasteiger partial charge on any atom is 0.321 e. The highest BCUT2D eigenvalue weighted by Crippen LogP contribution is 2.33. The molecule has 1 unspecified atom stereocenters. The zero-order chi connectivity index (χ0) is 10.8. The van der Waals surface area contributed by atoms with Crippen molar-refractivity contribution in [2.24, 2.45) is 0 Å². The summed E-state index contributed by atoms with van der Waals surface area (Å²) in [6.07, 6.45) is 0. The lowest BCUT2D eigenvalue weighted by Crippen LogP contribution is -2.33. The molecule has 0 spiro atoms. The summed E-state index contributed by atoms with van der Waals surface area (Å²) in [5.41, 5.74) is 0.520. The summed E-state index contributed by atoms with van der Waals surface area (Å²) >= 11 is 1.41. The lowest BCUT2D eigenvalue weighted by atomic mass is 10.2. The highest BCUT2D eigenvalue weighted by molar-refractivity contribution is 7.99. The minimum absolute atomic E-state index is 0.257. The monoisotopic (exact) mass is 227 g/mol. The van der Waals surface area contributed by atoms with Crippen molar-refractivity contribution in [2.75, 3.05) is 5.75 Å². The largest absolute Gasteiger partial charge is 0.480 e. The first-order valence-corrected chi connectivity index (χ1v) is 5.58. The molecular weight excluding hydrogens is 217 g/mol. The number of rotatable bonds is 2. The van der Waals surface area contributed by atoms with Crippen LogP contribution in [0.3, 0.4) is 0 Å². The number of thioether (sulfide) groups is 1. The van der Waals surface area contributed by atoms with Gasteiger partial charge in [0.25, 0.3) is 0 Å². The van der Waals surface area contributed by atoms with Gasteiger partial charge >= 0.3 is 5.97 Å². The molecule has 5 heteroatoms. The number of carboxylic acid groups (broad SMARTS) is 1. The van der Waals surface area contributed by atoms with Crippen molar-refractivity contribution in [3.63, 3.8) is 0 Å². The smallest absolute Gasteiger partial charge is 0.321 e. The fourth-order valence-corrected chi connectivity index (χ4v) is 2.74. The molecule has 2 rings (SSSR count). The minimum Gasteiger partial charge on any atom is -0.480 e. The quantitative estimate of drug-likeness (QED) is 0.806. The molecule has 0 bridgehead atoms. The molecule has 0 aliphatic carbocycles. The Labute approximate surface area is 90.7 Å². The van der Waals surface area contributed by atoms with Crippen LogP contribution in [0.1, 0.15) is 10.9 Å². The molecule has 15 heavy (non-hydrogen) atoms. The van der Waals surface area contributed by atoms with Crippen molar-refractivity contribution < 1.29 is 14.3 Å². The molecule has 2 N–H and O–H groups in total. The summed E-state index contributed by atoms with van der Waals surface area (Å²) in [7, 11) is 0. The van der Waals surface area contributed by atoms with Gasteiger partial charge in [-0.1, -0.05) is 18.2 Å². The Bertz CT molecular complexity index is 385. The second kappa shape index (κ2) is 4.20. The molecular formula is C10H10FNO2S. The Kier molecular flexibility index (Phi) is 2.93. The van der Waals surface area contributed by atoms with Crippen LogP contribution in [0.4, 0.5) is 4.39 Å². The van der Waals surface area contributed by atoms with Crippen LogP contribution in [0.5, 0.6) is 0 Å². The lowest BCUT2D eigenvalue weighted by molar-refractivity contribution is -0.138. The van der Waals surface area contributed by atoms with Gasteiger partial charge in [0.05, 0.1) is 5.37 Å². The number of nitrogens with one attached hydrogen (secondary N) is 1. The molecule has 1 aliphatic rings. The van der Waals surface area contributed by atoms with Crippen molar-refractivity contribution in [1.82, 2.24) is 5.32 Å². The summed E-state index contributed by atoms with van der Waals surface area (Å²) in [5, 5.41) is 11.4.